The molecule has 5 rings (SSSR count). The van der Waals surface area contributed by atoms with E-state index in [1.807, 2.05) is 67.6 Å². The summed E-state index contributed by atoms with van der Waals surface area (Å²) in [6, 6.07) is 28.0. The van der Waals surface area contributed by atoms with Crippen LogP contribution in [0, 0.1) is 6.92 Å². The van der Waals surface area contributed by atoms with E-state index in [0.717, 1.165) is 38.2 Å². The average molecular weight is 480 g/mol. The van der Waals surface area contributed by atoms with Crippen LogP contribution in [0.1, 0.15) is 16.8 Å². The van der Waals surface area contributed by atoms with Crippen molar-refractivity contribution in [2.45, 2.75) is 19.9 Å². The molecule has 0 bridgehead atoms. The maximum Gasteiger partial charge on any atom is 0.233 e. The van der Waals surface area contributed by atoms with Crippen molar-refractivity contribution >= 4 is 32.6 Å². The molecule has 0 saturated heterocycles. The molecule has 1 amide bonds. The normalized spacial score (nSPS) is 10.9. The number of carbonyl (C=O) groups is 1. The lowest BCUT2D eigenvalue weighted by Gasteiger charge is -2.19. The number of pyridine rings is 1. The van der Waals surface area contributed by atoms with E-state index in [4.69, 9.17) is 9.72 Å². The van der Waals surface area contributed by atoms with Crippen molar-refractivity contribution in [3.8, 4) is 16.9 Å². The summed E-state index contributed by atoms with van der Waals surface area (Å²) in [7, 11) is 1.64. The van der Waals surface area contributed by atoms with Crippen LogP contribution < -0.4 is 9.64 Å². The molecule has 0 saturated carbocycles. The third-order valence-electron chi connectivity index (χ3n) is 5.91. The Kier molecular flexibility index (Phi) is 6.55. The van der Waals surface area contributed by atoms with Crippen LogP contribution >= 0.6 is 11.3 Å². The lowest BCUT2D eigenvalue weighted by molar-refractivity contribution is -0.118. The highest BCUT2D eigenvalue weighted by atomic mass is 32.1. The number of thiazole rings is 1. The molecule has 5 nitrogen and oxygen atoms in total. The van der Waals surface area contributed by atoms with Gasteiger partial charge in [0.15, 0.2) is 5.13 Å². The van der Waals surface area contributed by atoms with Crippen molar-refractivity contribution in [2.24, 2.45) is 0 Å². The van der Waals surface area contributed by atoms with Crippen molar-refractivity contribution < 1.29 is 9.53 Å². The molecule has 2 heterocycles. The fourth-order valence-corrected chi connectivity index (χ4v) is 5.08. The van der Waals surface area contributed by atoms with Crippen molar-refractivity contribution in [3.63, 3.8) is 0 Å². The van der Waals surface area contributed by atoms with Gasteiger partial charge in [0, 0.05) is 6.20 Å². The summed E-state index contributed by atoms with van der Waals surface area (Å²) in [5, 5.41) is 0.643. The van der Waals surface area contributed by atoms with E-state index in [0.29, 0.717) is 17.4 Å². The molecule has 0 spiro atoms. The number of fused-ring (bicyclic) bond motifs is 1. The van der Waals surface area contributed by atoms with Crippen LogP contribution in [0.5, 0.6) is 5.75 Å². The first kappa shape index (κ1) is 22.7. The number of nitrogens with zero attached hydrogens (tertiary/aromatic N) is 3. The number of anilines is 1. The third-order valence-corrected chi connectivity index (χ3v) is 7.12. The van der Waals surface area contributed by atoms with E-state index in [9.17, 15) is 4.79 Å². The number of aryl methyl sites for hydroxylation is 1. The zero-order chi connectivity index (χ0) is 24.2. The molecule has 35 heavy (non-hydrogen) atoms. The van der Waals surface area contributed by atoms with Gasteiger partial charge in [-0.05, 0) is 47.4 Å². The second kappa shape index (κ2) is 10.1. The predicted octanol–water partition coefficient (Wildman–Crippen LogP) is 6.45. The summed E-state index contributed by atoms with van der Waals surface area (Å²) in [4.78, 5) is 24.6. The highest BCUT2D eigenvalue weighted by Gasteiger charge is 2.23. The Hall–Kier alpha value is -4.03. The fraction of sp³-hybridized carbons (Fsp3) is 0.138. The van der Waals surface area contributed by atoms with E-state index in [-0.39, 0.29) is 12.3 Å². The summed E-state index contributed by atoms with van der Waals surface area (Å²) in [6.07, 6.45) is 2.01. The number of amides is 1. The highest BCUT2D eigenvalue weighted by molar-refractivity contribution is 7.22. The Morgan fingerprint density at radius 3 is 2.37 bits per heavy atom. The van der Waals surface area contributed by atoms with Crippen molar-refractivity contribution in [2.75, 3.05) is 12.0 Å². The number of carbonyl (C=O) groups excluding carboxylic acids is 1. The van der Waals surface area contributed by atoms with Gasteiger partial charge in [-0.15, -0.1) is 0 Å². The zero-order valence-electron chi connectivity index (χ0n) is 19.6. The minimum absolute atomic E-state index is 0.0289. The van der Waals surface area contributed by atoms with Crippen LogP contribution in [0.3, 0.4) is 0 Å². The van der Waals surface area contributed by atoms with Gasteiger partial charge in [-0.3, -0.25) is 14.7 Å². The predicted molar refractivity (Wildman–Crippen MR) is 142 cm³/mol. The number of methoxy groups -OCH3 is 1. The summed E-state index contributed by atoms with van der Waals surface area (Å²) in [5.74, 6) is 0.675. The Morgan fingerprint density at radius 2 is 1.66 bits per heavy atom. The molecule has 5 aromatic rings. The number of rotatable bonds is 7. The van der Waals surface area contributed by atoms with Crippen molar-refractivity contribution in [1.82, 2.24) is 9.97 Å². The lowest BCUT2D eigenvalue weighted by Crippen LogP contribution is -2.32. The second-order valence-electron chi connectivity index (χ2n) is 8.30. The molecule has 0 radical (unpaired) electrons. The van der Waals surface area contributed by atoms with E-state index in [1.54, 1.807) is 18.2 Å². The number of ether oxygens (including phenoxy) is 1. The van der Waals surface area contributed by atoms with E-state index in [2.05, 4.69) is 29.2 Å². The number of aromatic nitrogens is 2. The number of hydrogen-bond acceptors (Lipinski definition) is 5. The molecule has 0 N–H and O–H groups in total. The maximum atomic E-state index is 13.6. The minimum Gasteiger partial charge on any atom is -0.494 e. The summed E-state index contributed by atoms with van der Waals surface area (Å²) in [6.45, 7) is 2.39. The Labute approximate surface area is 208 Å². The molecular formula is C29H25N3O2S. The molecule has 6 heteroatoms. The van der Waals surface area contributed by atoms with Crippen LogP contribution in [-0.2, 0) is 17.8 Å². The van der Waals surface area contributed by atoms with Crippen LogP contribution in [0.15, 0.2) is 91.1 Å². The summed E-state index contributed by atoms with van der Waals surface area (Å²) in [5.41, 5.74) is 5.92. The van der Waals surface area contributed by atoms with Crippen LogP contribution in [0.2, 0.25) is 0 Å². The number of hydrogen-bond donors (Lipinski definition) is 0. The monoisotopic (exact) mass is 479 g/mol. The molecule has 0 fully saturated rings. The largest absolute Gasteiger partial charge is 0.494 e. The summed E-state index contributed by atoms with van der Waals surface area (Å²) >= 11 is 1.51. The standard InChI is InChI=1S/C29H25N3O2S/c1-20-11-16-25(34-2)27-28(20)35-29(31-27)32(19-24-10-6-7-17-30-24)26(33)18-21-12-14-23(15-13-21)22-8-4-3-5-9-22/h3-17H,18-19H2,1-2H3. The maximum absolute atomic E-state index is 13.6. The second-order valence-corrected chi connectivity index (χ2v) is 9.28. The molecule has 0 aliphatic rings. The van der Waals surface area contributed by atoms with Crippen LogP contribution in [0.25, 0.3) is 21.3 Å². The molecular weight excluding hydrogens is 454 g/mol. The highest BCUT2D eigenvalue weighted by Crippen LogP contribution is 2.37. The first-order chi connectivity index (χ1) is 17.1. The Bertz CT molecular complexity index is 1450. The first-order valence-electron chi connectivity index (χ1n) is 11.4. The van der Waals surface area contributed by atoms with E-state index < -0.39 is 0 Å². The van der Waals surface area contributed by atoms with Gasteiger partial charge in [0.25, 0.3) is 0 Å². The zero-order valence-corrected chi connectivity index (χ0v) is 20.5. The molecule has 0 atom stereocenters. The van der Waals surface area contributed by atoms with Crippen molar-refractivity contribution in [3.05, 3.63) is 108 Å². The van der Waals surface area contributed by atoms with Crippen LogP contribution in [0.4, 0.5) is 5.13 Å². The molecule has 0 aliphatic carbocycles. The van der Waals surface area contributed by atoms with Crippen molar-refractivity contribution in [1.29, 1.82) is 0 Å². The average Bonchev–Trinajstić information content (AvgIpc) is 3.35. The van der Waals surface area contributed by atoms with Gasteiger partial charge in [0.2, 0.25) is 5.91 Å². The SMILES string of the molecule is COc1ccc(C)c2sc(N(Cc3ccccn3)C(=O)Cc3ccc(-c4ccccc4)cc3)nc12. The Morgan fingerprint density at radius 1 is 0.914 bits per heavy atom. The smallest absolute Gasteiger partial charge is 0.233 e. The van der Waals surface area contributed by atoms with Gasteiger partial charge >= 0.3 is 0 Å². The van der Waals surface area contributed by atoms with Gasteiger partial charge in [-0.1, -0.05) is 78.1 Å². The third kappa shape index (κ3) is 4.93. The number of benzene rings is 3. The van der Waals surface area contributed by atoms with Gasteiger partial charge in [0.05, 0.1) is 30.5 Å². The quantitative estimate of drug-likeness (QED) is 0.269. The van der Waals surface area contributed by atoms with E-state index in [1.165, 1.54) is 11.3 Å². The fourth-order valence-electron chi connectivity index (χ4n) is 4.01. The molecule has 0 aliphatic heterocycles. The Balaban J connectivity index is 1.46. The van der Waals surface area contributed by atoms with E-state index >= 15 is 0 Å². The molecule has 2 aromatic heterocycles. The first-order valence-corrected chi connectivity index (χ1v) is 12.2. The molecule has 174 valence electrons. The molecule has 3 aromatic carbocycles. The van der Waals surface area contributed by atoms with Gasteiger partial charge < -0.3 is 4.74 Å². The minimum atomic E-state index is -0.0289. The van der Waals surface area contributed by atoms with Crippen LogP contribution in [-0.4, -0.2) is 23.0 Å². The lowest BCUT2D eigenvalue weighted by atomic mass is 10.0. The molecule has 0 unspecified atom stereocenters. The van der Waals surface area contributed by atoms with Gasteiger partial charge in [0.1, 0.15) is 11.3 Å². The topological polar surface area (TPSA) is 55.3 Å². The summed E-state index contributed by atoms with van der Waals surface area (Å²) < 4.78 is 6.54. The van der Waals surface area contributed by atoms with Gasteiger partial charge in [-0.2, -0.15) is 0 Å². The van der Waals surface area contributed by atoms with Gasteiger partial charge in [-0.25, -0.2) is 4.98 Å².